The van der Waals surface area contributed by atoms with Gasteiger partial charge in [0.15, 0.2) is 0 Å². The summed E-state index contributed by atoms with van der Waals surface area (Å²) in [6.07, 6.45) is 1.32. The second kappa shape index (κ2) is 6.70. The number of carbonyl (C=O) groups excluding carboxylic acids is 1. The van der Waals surface area contributed by atoms with E-state index in [1.807, 2.05) is 26.8 Å². The minimum Gasteiger partial charge on any atom is -0.496 e. The molecule has 0 unspecified atom stereocenters. The number of rotatable bonds is 6. The molecule has 0 aliphatic heterocycles. The Balaban J connectivity index is 3.04. The Hall–Kier alpha value is -1.62. The molecule has 1 amide bonds. The van der Waals surface area contributed by atoms with Gasteiger partial charge in [0, 0.05) is 5.56 Å². The minimum absolute atomic E-state index is 0.195. The van der Waals surface area contributed by atoms with Crippen LogP contribution in [0.3, 0.4) is 0 Å². The first-order valence-electron chi connectivity index (χ1n) is 6.67. The van der Waals surface area contributed by atoms with E-state index in [0.717, 1.165) is 5.56 Å². The molecule has 110 valence electrons. The summed E-state index contributed by atoms with van der Waals surface area (Å²) < 4.78 is 5.24. The van der Waals surface area contributed by atoms with E-state index in [-0.39, 0.29) is 5.91 Å². The molecule has 1 aromatic carbocycles. The van der Waals surface area contributed by atoms with Crippen LogP contribution in [0.2, 0.25) is 0 Å². The molecule has 1 rings (SSSR count). The van der Waals surface area contributed by atoms with Gasteiger partial charge >= 0.3 is 0 Å². The highest BCUT2D eigenvalue weighted by Gasteiger charge is 2.31. The summed E-state index contributed by atoms with van der Waals surface area (Å²) in [7, 11) is 1.58. The van der Waals surface area contributed by atoms with Crippen molar-refractivity contribution in [3.8, 4) is 5.75 Å². The molecule has 4 nitrogen and oxygen atoms in total. The Bertz CT molecular complexity index is 511. The molecular weight excluding hydrogens is 272 g/mol. The first-order chi connectivity index (χ1) is 9.40. The van der Waals surface area contributed by atoms with E-state index >= 15 is 0 Å². The van der Waals surface area contributed by atoms with Crippen molar-refractivity contribution in [3.05, 3.63) is 29.3 Å². The van der Waals surface area contributed by atoms with Crippen molar-refractivity contribution in [2.24, 2.45) is 5.73 Å². The highest BCUT2D eigenvalue weighted by Crippen LogP contribution is 2.21. The predicted octanol–water partition coefficient (Wildman–Crippen LogP) is 2.58. The van der Waals surface area contributed by atoms with Crippen LogP contribution in [0.4, 0.5) is 0 Å². The summed E-state index contributed by atoms with van der Waals surface area (Å²) in [6, 6.07) is 5.34. The standard InChI is InChI=1S/C15H22N2O2S/c1-5-15(6-2,14(16)20)17-13(18)11-8-7-10(3)12(9-11)19-4/h7-9H,5-6H2,1-4H3,(H2,16,20)(H,17,18). The fourth-order valence-corrected chi connectivity index (χ4v) is 2.43. The summed E-state index contributed by atoms with van der Waals surface area (Å²) >= 11 is 5.10. The van der Waals surface area contributed by atoms with E-state index in [2.05, 4.69) is 5.32 Å². The normalized spacial score (nSPS) is 11.0. The summed E-state index contributed by atoms with van der Waals surface area (Å²) in [4.78, 5) is 12.7. The van der Waals surface area contributed by atoms with E-state index in [1.165, 1.54) is 0 Å². The second-order valence-corrected chi connectivity index (χ2v) is 5.23. The summed E-state index contributed by atoms with van der Waals surface area (Å²) in [5.41, 5.74) is 6.68. The van der Waals surface area contributed by atoms with Gasteiger partial charge in [-0.25, -0.2) is 0 Å². The molecule has 0 saturated heterocycles. The van der Waals surface area contributed by atoms with Gasteiger partial charge < -0.3 is 15.8 Å². The largest absolute Gasteiger partial charge is 0.496 e. The maximum absolute atomic E-state index is 12.4. The summed E-state index contributed by atoms with van der Waals surface area (Å²) in [5.74, 6) is 0.492. The average molecular weight is 294 g/mol. The topological polar surface area (TPSA) is 64.3 Å². The maximum atomic E-state index is 12.4. The van der Waals surface area contributed by atoms with Gasteiger partial charge in [0.05, 0.1) is 17.6 Å². The van der Waals surface area contributed by atoms with Crippen molar-refractivity contribution in [1.29, 1.82) is 0 Å². The van der Waals surface area contributed by atoms with Crippen molar-refractivity contribution in [1.82, 2.24) is 5.32 Å². The summed E-state index contributed by atoms with van der Waals surface area (Å²) in [6.45, 7) is 5.84. The monoisotopic (exact) mass is 294 g/mol. The third-order valence-corrected chi connectivity index (χ3v) is 4.09. The molecule has 1 aromatic rings. The SMILES string of the molecule is CCC(CC)(NC(=O)c1ccc(C)c(OC)c1)C(N)=S. The van der Waals surface area contributed by atoms with Crippen LogP contribution in [-0.2, 0) is 0 Å². The van der Waals surface area contributed by atoms with Crippen molar-refractivity contribution in [3.63, 3.8) is 0 Å². The smallest absolute Gasteiger partial charge is 0.252 e. The number of aryl methyl sites for hydroxylation is 1. The number of thiocarbonyl (C=S) groups is 1. The van der Waals surface area contributed by atoms with Crippen LogP contribution in [0.25, 0.3) is 0 Å². The van der Waals surface area contributed by atoms with Gasteiger partial charge in [-0.3, -0.25) is 4.79 Å². The zero-order valence-electron chi connectivity index (χ0n) is 12.4. The number of hydrogen-bond acceptors (Lipinski definition) is 3. The van der Waals surface area contributed by atoms with E-state index < -0.39 is 5.54 Å². The first-order valence-corrected chi connectivity index (χ1v) is 7.08. The number of nitrogens with one attached hydrogen (secondary N) is 1. The maximum Gasteiger partial charge on any atom is 0.252 e. The highest BCUT2D eigenvalue weighted by atomic mass is 32.1. The number of carbonyl (C=O) groups is 1. The molecule has 0 bridgehead atoms. The minimum atomic E-state index is -0.634. The number of amides is 1. The molecule has 0 aromatic heterocycles. The Morgan fingerprint density at radius 1 is 1.40 bits per heavy atom. The molecule has 5 heteroatoms. The lowest BCUT2D eigenvalue weighted by atomic mass is 9.92. The number of nitrogens with two attached hydrogens (primary N) is 1. The van der Waals surface area contributed by atoms with Gasteiger partial charge in [0.1, 0.15) is 5.75 Å². The third-order valence-electron chi connectivity index (χ3n) is 3.70. The lowest BCUT2D eigenvalue weighted by molar-refractivity contribution is 0.0919. The van der Waals surface area contributed by atoms with Gasteiger partial charge in [-0.1, -0.05) is 32.1 Å². The van der Waals surface area contributed by atoms with Crippen molar-refractivity contribution in [2.75, 3.05) is 7.11 Å². The van der Waals surface area contributed by atoms with Crippen molar-refractivity contribution in [2.45, 2.75) is 39.2 Å². The molecule has 3 N–H and O–H groups in total. The number of hydrogen-bond donors (Lipinski definition) is 2. The highest BCUT2D eigenvalue weighted by molar-refractivity contribution is 7.80. The van der Waals surface area contributed by atoms with E-state index in [1.54, 1.807) is 19.2 Å². The van der Waals surface area contributed by atoms with Gasteiger partial charge in [-0.15, -0.1) is 0 Å². The van der Waals surface area contributed by atoms with Crippen LogP contribution in [0.1, 0.15) is 42.6 Å². The predicted molar refractivity (Wildman–Crippen MR) is 85.3 cm³/mol. The van der Waals surface area contributed by atoms with Crippen LogP contribution in [0.5, 0.6) is 5.75 Å². The Morgan fingerprint density at radius 2 is 2.00 bits per heavy atom. The Labute approximate surface area is 125 Å². The van der Waals surface area contributed by atoms with Gasteiger partial charge in [0.25, 0.3) is 5.91 Å². The molecule has 0 spiro atoms. The van der Waals surface area contributed by atoms with E-state index in [9.17, 15) is 4.79 Å². The number of methoxy groups -OCH3 is 1. The van der Waals surface area contributed by atoms with Gasteiger partial charge in [-0.05, 0) is 37.5 Å². The quantitative estimate of drug-likeness (QED) is 0.792. The van der Waals surface area contributed by atoms with Crippen molar-refractivity contribution >= 4 is 23.1 Å². The van der Waals surface area contributed by atoms with Crippen LogP contribution >= 0.6 is 12.2 Å². The van der Waals surface area contributed by atoms with Crippen LogP contribution < -0.4 is 15.8 Å². The molecule has 0 heterocycles. The zero-order chi connectivity index (χ0) is 15.3. The zero-order valence-corrected chi connectivity index (χ0v) is 13.3. The van der Waals surface area contributed by atoms with Gasteiger partial charge in [0.2, 0.25) is 0 Å². The molecule has 0 fully saturated rings. The molecule has 0 aliphatic rings. The van der Waals surface area contributed by atoms with Crippen LogP contribution in [0.15, 0.2) is 18.2 Å². The van der Waals surface area contributed by atoms with E-state index in [4.69, 9.17) is 22.7 Å². The molecular formula is C15H22N2O2S. The second-order valence-electron chi connectivity index (χ2n) is 4.79. The van der Waals surface area contributed by atoms with E-state index in [0.29, 0.717) is 29.1 Å². The number of ether oxygens (including phenoxy) is 1. The molecule has 0 saturated carbocycles. The molecule has 20 heavy (non-hydrogen) atoms. The molecule has 0 atom stereocenters. The Kier molecular flexibility index (Phi) is 5.51. The lowest BCUT2D eigenvalue weighted by Crippen LogP contribution is -2.55. The Morgan fingerprint density at radius 3 is 2.45 bits per heavy atom. The van der Waals surface area contributed by atoms with Gasteiger partial charge in [-0.2, -0.15) is 0 Å². The third kappa shape index (κ3) is 3.28. The number of benzene rings is 1. The first kappa shape index (κ1) is 16.4. The summed E-state index contributed by atoms with van der Waals surface area (Å²) in [5, 5.41) is 2.96. The van der Waals surface area contributed by atoms with Crippen LogP contribution in [0, 0.1) is 6.92 Å². The van der Waals surface area contributed by atoms with Crippen LogP contribution in [-0.4, -0.2) is 23.5 Å². The fraction of sp³-hybridized carbons (Fsp3) is 0.467. The molecule has 0 radical (unpaired) electrons. The molecule has 0 aliphatic carbocycles. The van der Waals surface area contributed by atoms with Crippen molar-refractivity contribution < 1.29 is 9.53 Å². The average Bonchev–Trinajstić information content (AvgIpc) is 2.44. The fourth-order valence-electron chi connectivity index (χ4n) is 2.09. The lowest BCUT2D eigenvalue weighted by Gasteiger charge is -2.31.